The number of nitrogens with two attached hydrogens (primary N) is 1. The van der Waals surface area contributed by atoms with Crippen LogP contribution in [0, 0.1) is 0 Å². The lowest BCUT2D eigenvalue weighted by molar-refractivity contribution is -0.127. The molecule has 0 spiro atoms. The maximum Gasteiger partial charge on any atom is 0.251 e. The molecule has 1 aliphatic carbocycles. The zero-order valence-corrected chi connectivity index (χ0v) is 15.8. The van der Waals surface area contributed by atoms with Gasteiger partial charge in [0.2, 0.25) is 5.91 Å². The fraction of sp³-hybridized carbons (Fsp3) is 0.579. The molecule has 1 saturated carbocycles. The second kappa shape index (κ2) is 10.4. The average molecular weight is 368 g/mol. The van der Waals surface area contributed by atoms with Gasteiger partial charge in [0.1, 0.15) is 0 Å². The summed E-state index contributed by atoms with van der Waals surface area (Å²) in [6.45, 7) is 3.23. The van der Waals surface area contributed by atoms with E-state index in [-0.39, 0.29) is 24.2 Å². The van der Waals surface area contributed by atoms with Gasteiger partial charge in [-0.15, -0.1) is 12.4 Å². The van der Waals surface area contributed by atoms with Crippen LogP contribution in [0.5, 0.6) is 0 Å². The van der Waals surface area contributed by atoms with Crippen LogP contribution < -0.4 is 16.4 Å². The third-order valence-corrected chi connectivity index (χ3v) is 4.68. The number of benzene rings is 1. The zero-order valence-electron chi connectivity index (χ0n) is 15.0. The highest BCUT2D eigenvalue weighted by Crippen LogP contribution is 2.26. The summed E-state index contributed by atoms with van der Waals surface area (Å²) >= 11 is 0. The summed E-state index contributed by atoms with van der Waals surface area (Å²) in [5.41, 5.74) is 7.12. The molecule has 2 rings (SSSR count). The van der Waals surface area contributed by atoms with Gasteiger partial charge in [-0.2, -0.15) is 0 Å². The summed E-state index contributed by atoms with van der Waals surface area (Å²) < 4.78 is 0. The van der Waals surface area contributed by atoms with Gasteiger partial charge in [-0.25, -0.2) is 0 Å². The molecule has 0 aromatic heterocycles. The first-order valence-electron chi connectivity index (χ1n) is 8.99. The molecule has 6 heteroatoms. The molecule has 0 bridgehead atoms. The van der Waals surface area contributed by atoms with Crippen molar-refractivity contribution in [3.8, 4) is 0 Å². The van der Waals surface area contributed by atoms with Crippen molar-refractivity contribution in [1.82, 2.24) is 10.6 Å². The molecule has 1 aromatic carbocycles. The molecule has 4 N–H and O–H groups in total. The maximum atomic E-state index is 12.3. The molecule has 1 fully saturated rings. The molecule has 0 saturated heterocycles. The molecule has 1 aromatic rings. The summed E-state index contributed by atoms with van der Waals surface area (Å²) in [5, 5.41) is 5.83. The van der Waals surface area contributed by atoms with Crippen LogP contribution in [0.1, 0.15) is 67.8 Å². The second-order valence-corrected chi connectivity index (χ2v) is 6.71. The van der Waals surface area contributed by atoms with Gasteiger partial charge in [0.25, 0.3) is 5.91 Å². The van der Waals surface area contributed by atoms with Crippen LogP contribution in [0.15, 0.2) is 24.3 Å². The van der Waals surface area contributed by atoms with Crippen LogP contribution in [-0.2, 0) is 11.3 Å². The minimum Gasteiger partial charge on any atom is -0.352 e. The predicted octanol–water partition coefficient (Wildman–Crippen LogP) is 2.92. The molecule has 0 atom stereocenters. The molecule has 140 valence electrons. The first-order chi connectivity index (χ1) is 11.5. The first-order valence-corrected chi connectivity index (χ1v) is 8.99. The summed E-state index contributed by atoms with van der Waals surface area (Å²) in [6.07, 6.45) is 6.76. The third kappa shape index (κ3) is 6.33. The molecule has 0 heterocycles. The number of rotatable bonds is 7. The van der Waals surface area contributed by atoms with E-state index in [0.29, 0.717) is 18.7 Å². The van der Waals surface area contributed by atoms with Gasteiger partial charge in [0.15, 0.2) is 0 Å². The number of halogens is 1. The van der Waals surface area contributed by atoms with Crippen molar-refractivity contribution < 1.29 is 9.59 Å². The fourth-order valence-electron chi connectivity index (χ4n) is 3.02. The Kier molecular flexibility index (Phi) is 8.93. The Hall–Kier alpha value is -1.59. The summed E-state index contributed by atoms with van der Waals surface area (Å²) in [4.78, 5) is 24.3. The summed E-state index contributed by atoms with van der Waals surface area (Å²) in [5.74, 6) is -0.120. The second-order valence-electron chi connectivity index (χ2n) is 6.71. The Morgan fingerprint density at radius 2 is 1.72 bits per heavy atom. The lowest BCUT2D eigenvalue weighted by Crippen LogP contribution is -2.54. The van der Waals surface area contributed by atoms with E-state index in [0.717, 1.165) is 50.5 Å². The van der Waals surface area contributed by atoms with E-state index in [4.69, 9.17) is 5.73 Å². The molecule has 0 radical (unpaired) electrons. The highest BCUT2D eigenvalue weighted by molar-refractivity contribution is 5.94. The molecule has 0 unspecified atom stereocenters. The lowest BCUT2D eigenvalue weighted by Gasteiger charge is -2.31. The number of carbonyl (C=O) groups is 2. The van der Waals surface area contributed by atoms with Gasteiger partial charge in [-0.05, 0) is 37.0 Å². The van der Waals surface area contributed by atoms with Crippen molar-refractivity contribution in [2.45, 2.75) is 64.0 Å². The number of unbranched alkanes of at least 4 members (excludes halogenated alkanes) is 1. The monoisotopic (exact) mass is 367 g/mol. The topological polar surface area (TPSA) is 84.2 Å². The molecule has 1 aliphatic rings. The van der Waals surface area contributed by atoms with E-state index in [1.165, 1.54) is 0 Å². The van der Waals surface area contributed by atoms with Gasteiger partial charge in [-0.3, -0.25) is 9.59 Å². The van der Waals surface area contributed by atoms with Crippen LogP contribution in [0.4, 0.5) is 0 Å². The Morgan fingerprint density at radius 1 is 1.08 bits per heavy atom. The lowest BCUT2D eigenvalue weighted by atomic mass is 9.82. The van der Waals surface area contributed by atoms with Gasteiger partial charge in [-0.1, -0.05) is 44.7 Å². The minimum atomic E-state index is -0.711. The van der Waals surface area contributed by atoms with Crippen molar-refractivity contribution in [2.24, 2.45) is 5.73 Å². The summed E-state index contributed by atoms with van der Waals surface area (Å²) in [6, 6.07) is 7.33. The fourth-order valence-corrected chi connectivity index (χ4v) is 3.02. The predicted molar refractivity (Wildman–Crippen MR) is 103 cm³/mol. The SMILES string of the molecule is CCCCNC(=O)c1ccc(CNC(=O)C2(N)CCCCC2)cc1.Cl. The quantitative estimate of drug-likeness (QED) is 0.648. The third-order valence-electron chi connectivity index (χ3n) is 4.68. The van der Waals surface area contributed by atoms with Crippen LogP contribution in [0.2, 0.25) is 0 Å². The zero-order chi connectivity index (χ0) is 17.4. The molecular weight excluding hydrogens is 338 g/mol. The van der Waals surface area contributed by atoms with Gasteiger partial charge in [0, 0.05) is 18.7 Å². The largest absolute Gasteiger partial charge is 0.352 e. The Bertz CT molecular complexity index is 554. The van der Waals surface area contributed by atoms with Crippen molar-refractivity contribution in [3.05, 3.63) is 35.4 Å². The van der Waals surface area contributed by atoms with E-state index in [1.54, 1.807) is 12.1 Å². The van der Waals surface area contributed by atoms with Crippen LogP contribution >= 0.6 is 12.4 Å². The number of carbonyl (C=O) groups excluding carboxylic acids is 2. The average Bonchev–Trinajstić information content (AvgIpc) is 2.61. The van der Waals surface area contributed by atoms with Gasteiger partial charge >= 0.3 is 0 Å². The van der Waals surface area contributed by atoms with E-state index in [9.17, 15) is 9.59 Å². The minimum absolute atomic E-state index is 0. The van der Waals surface area contributed by atoms with Crippen molar-refractivity contribution >= 4 is 24.2 Å². The Labute approximate surface area is 156 Å². The van der Waals surface area contributed by atoms with Crippen molar-refractivity contribution in [2.75, 3.05) is 6.54 Å². The Morgan fingerprint density at radius 3 is 2.32 bits per heavy atom. The van der Waals surface area contributed by atoms with Crippen molar-refractivity contribution in [1.29, 1.82) is 0 Å². The highest BCUT2D eigenvalue weighted by Gasteiger charge is 2.34. The first kappa shape index (κ1) is 21.5. The smallest absolute Gasteiger partial charge is 0.251 e. The van der Waals surface area contributed by atoms with Crippen molar-refractivity contribution in [3.63, 3.8) is 0 Å². The summed E-state index contributed by atoms with van der Waals surface area (Å²) in [7, 11) is 0. The van der Waals surface area contributed by atoms with E-state index in [2.05, 4.69) is 17.6 Å². The van der Waals surface area contributed by atoms with E-state index in [1.807, 2.05) is 12.1 Å². The molecule has 5 nitrogen and oxygen atoms in total. The van der Waals surface area contributed by atoms with Gasteiger partial charge in [0.05, 0.1) is 5.54 Å². The van der Waals surface area contributed by atoms with E-state index >= 15 is 0 Å². The molecular formula is C19H30ClN3O2. The van der Waals surface area contributed by atoms with Crippen LogP contribution in [0.25, 0.3) is 0 Å². The van der Waals surface area contributed by atoms with Crippen LogP contribution in [-0.4, -0.2) is 23.9 Å². The number of nitrogens with one attached hydrogen (secondary N) is 2. The number of hydrogen-bond donors (Lipinski definition) is 3. The maximum absolute atomic E-state index is 12.3. The van der Waals surface area contributed by atoms with Gasteiger partial charge < -0.3 is 16.4 Å². The Balaban J connectivity index is 0.00000312. The highest BCUT2D eigenvalue weighted by atomic mass is 35.5. The molecule has 2 amide bonds. The van der Waals surface area contributed by atoms with E-state index < -0.39 is 5.54 Å². The molecule has 25 heavy (non-hydrogen) atoms. The normalized spacial score (nSPS) is 15.8. The van der Waals surface area contributed by atoms with Crippen LogP contribution in [0.3, 0.4) is 0 Å². The standard InChI is InChI=1S/C19H29N3O2.ClH/c1-2-3-13-21-17(23)16-9-7-15(8-10-16)14-22-18(24)19(20)11-5-4-6-12-19;/h7-10H,2-6,11-14,20H2,1H3,(H,21,23)(H,22,24);1H. The molecule has 0 aliphatic heterocycles. The number of amides is 2. The number of hydrogen-bond acceptors (Lipinski definition) is 3.